The molecule has 0 fully saturated rings. The van der Waals surface area contributed by atoms with Crippen LogP contribution < -0.4 is 10.6 Å². The predicted molar refractivity (Wildman–Crippen MR) is 88.7 cm³/mol. The number of rotatable bonds is 8. The lowest BCUT2D eigenvalue weighted by atomic mass is 9.93. The number of aliphatic carboxylic acids is 1. The topological polar surface area (TPSA) is 165 Å². The Morgan fingerprint density at radius 2 is 1.92 bits per heavy atom. The fraction of sp³-hybridized carbons (Fsp3) is 0.688. The minimum absolute atomic E-state index is 0.277. The molecule has 1 aliphatic rings. The van der Waals surface area contributed by atoms with Crippen LogP contribution in [0.25, 0.3) is 0 Å². The summed E-state index contributed by atoms with van der Waals surface area (Å²) in [6, 6.07) is -1.18. The van der Waals surface area contributed by atoms with Gasteiger partial charge in [-0.3, -0.25) is 9.59 Å². The summed E-state index contributed by atoms with van der Waals surface area (Å²) in [5.41, 5.74) is 0. The van der Waals surface area contributed by atoms with E-state index >= 15 is 0 Å². The van der Waals surface area contributed by atoms with Crippen molar-refractivity contribution in [1.82, 2.24) is 10.6 Å². The SMILES string of the molecule is CCC(C)C(=O)NC[C@H](O)[C@H](O)C1OC(C(=O)O)=CC(O)[C@H]1NC(C)=O. The summed E-state index contributed by atoms with van der Waals surface area (Å²) < 4.78 is 5.15. The standard InChI is InChI=1S/C16H26N2O8/c1-4-7(2)15(23)17-6-10(21)13(22)14-12(18-8(3)19)9(20)5-11(26-14)16(24)25/h5,7,9-10,12-14,20-22H,4,6H2,1-3H3,(H,17,23)(H,18,19)(H,24,25)/t7?,9?,10-,12+,13-,14?/m0/s1. The number of aliphatic hydroxyl groups is 3. The molecule has 1 heterocycles. The Morgan fingerprint density at radius 1 is 1.31 bits per heavy atom. The van der Waals surface area contributed by atoms with Gasteiger partial charge in [0.15, 0.2) is 6.10 Å². The van der Waals surface area contributed by atoms with Crippen LogP contribution in [0, 0.1) is 5.92 Å². The van der Waals surface area contributed by atoms with Crippen LogP contribution in [0.2, 0.25) is 0 Å². The van der Waals surface area contributed by atoms with Crippen LogP contribution >= 0.6 is 0 Å². The molecule has 3 unspecified atom stereocenters. The van der Waals surface area contributed by atoms with Gasteiger partial charge in [0, 0.05) is 19.4 Å². The van der Waals surface area contributed by atoms with Gasteiger partial charge in [0.1, 0.15) is 18.3 Å². The van der Waals surface area contributed by atoms with Crippen molar-refractivity contribution in [2.45, 2.75) is 57.6 Å². The highest BCUT2D eigenvalue weighted by molar-refractivity contribution is 5.84. The molecule has 148 valence electrons. The molecule has 10 nitrogen and oxygen atoms in total. The van der Waals surface area contributed by atoms with Gasteiger partial charge >= 0.3 is 5.97 Å². The Hall–Kier alpha value is -2.17. The first-order valence-corrected chi connectivity index (χ1v) is 8.29. The van der Waals surface area contributed by atoms with Gasteiger partial charge in [0.05, 0.1) is 6.04 Å². The van der Waals surface area contributed by atoms with Crippen molar-refractivity contribution in [1.29, 1.82) is 0 Å². The largest absolute Gasteiger partial charge is 0.478 e. The number of nitrogens with one attached hydrogen (secondary N) is 2. The number of hydrogen-bond acceptors (Lipinski definition) is 7. The van der Waals surface area contributed by atoms with Crippen LogP contribution in [0.1, 0.15) is 27.2 Å². The molecule has 0 aromatic carbocycles. The van der Waals surface area contributed by atoms with Crippen molar-refractivity contribution in [3.63, 3.8) is 0 Å². The van der Waals surface area contributed by atoms with E-state index in [0.717, 1.165) is 6.08 Å². The third-order valence-electron chi connectivity index (χ3n) is 4.16. The fourth-order valence-corrected chi connectivity index (χ4v) is 2.42. The van der Waals surface area contributed by atoms with Crippen LogP contribution in [0.15, 0.2) is 11.8 Å². The average molecular weight is 374 g/mol. The number of aliphatic hydroxyl groups excluding tert-OH is 3. The Bertz CT molecular complexity index is 564. The van der Waals surface area contributed by atoms with Crippen LogP contribution in [-0.2, 0) is 19.1 Å². The molecule has 0 bridgehead atoms. The lowest BCUT2D eigenvalue weighted by Crippen LogP contribution is -2.60. The van der Waals surface area contributed by atoms with Crippen LogP contribution in [0.4, 0.5) is 0 Å². The maximum atomic E-state index is 11.8. The summed E-state index contributed by atoms with van der Waals surface area (Å²) in [4.78, 5) is 34.2. The second-order valence-electron chi connectivity index (χ2n) is 6.25. The van der Waals surface area contributed by atoms with E-state index in [2.05, 4.69) is 10.6 Å². The van der Waals surface area contributed by atoms with Crippen molar-refractivity contribution in [3.8, 4) is 0 Å². The lowest BCUT2D eigenvalue weighted by Gasteiger charge is -2.38. The smallest absolute Gasteiger partial charge is 0.370 e. The van der Waals surface area contributed by atoms with Gasteiger partial charge in [-0.05, 0) is 12.5 Å². The number of carbonyl (C=O) groups is 3. The van der Waals surface area contributed by atoms with Gasteiger partial charge in [-0.2, -0.15) is 0 Å². The molecule has 0 aromatic rings. The number of carboxylic acid groups (broad SMARTS) is 1. The van der Waals surface area contributed by atoms with Crippen molar-refractivity contribution < 1.29 is 39.5 Å². The predicted octanol–water partition coefficient (Wildman–Crippen LogP) is -1.90. The van der Waals surface area contributed by atoms with E-state index in [1.807, 2.05) is 6.92 Å². The zero-order valence-electron chi connectivity index (χ0n) is 14.9. The van der Waals surface area contributed by atoms with Gasteiger partial charge in [0.2, 0.25) is 17.6 Å². The minimum Gasteiger partial charge on any atom is -0.478 e. The molecule has 6 atom stereocenters. The van der Waals surface area contributed by atoms with Gasteiger partial charge in [-0.1, -0.05) is 13.8 Å². The van der Waals surface area contributed by atoms with E-state index < -0.39 is 48.1 Å². The molecule has 26 heavy (non-hydrogen) atoms. The van der Waals surface area contributed by atoms with E-state index in [9.17, 15) is 29.7 Å². The highest BCUT2D eigenvalue weighted by Crippen LogP contribution is 2.23. The average Bonchev–Trinajstić information content (AvgIpc) is 2.58. The van der Waals surface area contributed by atoms with Crippen LogP contribution in [0.3, 0.4) is 0 Å². The van der Waals surface area contributed by atoms with Gasteiger partial charge in [-0.15, -0.1) is 0 Å². The first kappa shape index (κ1) is 21.9. The van der Waals surface area contributed by atoms with Crippen molar-refractivity contribution in [2.75, 3.05) is 6.54 Å². The molecule has 2 amide bonds. The molecule has 6 N–H and O–H groups in total. The first-order valence-electron chi connectivity index (χ1n) is 8.29. The molecule has 10 heteroatoms. The molecular weight excluding hydrogens is 348 g/mol. The Balaban J connectivity index is 2.88. The molecule has 0 aromatic heterocycles. The third-order valence-corrected chi connectivity index (χ3v) is 4.16. The van der Waals surface area contributed by atoms with E-state index in [1.54, 1.807) is 6.92 Å². The monoisotopic (exact) mass is 374 g/mol. The van der Waals surface area contributed by atoms with E-state index in [0.29, 0.717) is 6.42 Å². The van der Waals surface area contributed by atoms with Crippen molar-refractivity contribution in [2.24, 2.45) is 5.92 Å². The number of carbonyl (C=O) groups excluding carboxylic acids is 2. The Morgan fingerprint density at radius 3 is 2.42 bits per heavy atom. The molecule has 0 radical (unpaired) electrons. The number of carboxylic acids is 1. The molecule has 0 spiro atoms. The van der Waals surface area contributed by atoms with E-state index in [4.69, 9.17) is 9.84 Å². The highest BCUT2D eigenvalue weighted by Gasteiger charge is 2.43. The lowest BCUT2D eigenvalue weighted by molar-refractivity contribution is -0.147. The third kappa shape index (κ3) is 5.68. The fourth-order valence-electron chi connectivity index (χ4n) is 2.42. The van der Waals surface area contributed by atoms with E-state index in [1.165, 1.54) is 6.92 Å². The first-order chi connectivity index (χ1) is 12.1. The summed E-state index contributed by atoms with van der Waals surface area (Å²) >= 11 is 0. The van der Waals surface area contributed by atoms with Crippen molar-refractivity contribution >= 4 is 17.8 Å². The molecule has 1 aliphatic heterocycles. The zero-order valence-corrected chi connectivity index (χ0v) is 14.9. The van der Waals surface area contributed by atoms with Crippen LogP contribution in [-0.4, -0.2) is 75.2 Å². The summed E-state index contributed by atoms with van der Waals surface area (Å²) in [7, 11) is 0. The maximum absolute atomic E-state index is 11.8. The summed E-state index contributed by atoms with van der Waals surface area (Å²) in [6.07, 6.45) is -4.57. The number of ether oxygens (including phenoxy) is 1. The summed E-state index contributed by atoms with van der Waals surface area (Å²) in [5.74, 6) is -3.21. The summed E-state index contributed by atoms with van der Waals surface area (Å²) in [6.45, 7) is 4.40. The van der Waals surface area contributed by atoms with Gasteiger partial charge in [0.25, 0.3) is 0 Å². The minimum atomic E-state index is -1.68. The second kappa shape index (κ2) is 9.51. The second-order valence-corrected chi connectivity index (χ2v) is 6.25. The van der Waals surface area contributed by atoms with Crippen LogP contribution in [0.5, 0.6) is 0 Å². The molecule has 0 saturated carbocycles. The normalized spacial score (nSPS) is 25.9. The zero-order chi connectivity index (χ0) is 20.0. The van der Waals surface area contributed by atoms with Gasteiger partial charge in [-0.25, -0.2) is 4.79 Å². The Labute approximate surface area is 150 Å². The van der Waals surface area contributed by atoms with E-state index in [-0.39, 0.29) is 18.4 Å². The molecular formula is C16H26N2O8. The highest BCUT2D eigenvalue weighted by atomic mass is 16.5. The van der Waals surface area contributed by atoms with Gasteiger partial charge < -0.3 is 35.8 Å². The quantitative estimate of drug-likeness (QED) is 0.287. The maximum Gasteiger partial charge on any atom is 0.370 e. The number of amides is 2. The Kier molecular flexibility index (Phi) is 8.00. The number of hydrogen-bond donors (Lipinski definition) is 6. The molecule has 0 saturated heterocycles. The summed E-state index contributed by atoms with van der Waals surface area (Å²) in [5, 5.41) is 44.4. The molecule has 0 aliphatic carbocycles. The molecule has 1 rings (SSSR count). The van der Waals surface area contributed by atoms with Crippen molar-refractivity contribution in [3.05, 3.63) is 11.8 Å².